The molecule has 2 aromatic carbocycles. The molecule has 1 aliphatic carbocycles. The van der Waals surface area contributed by atoms with E-state index in [9.17, 15) is 13.2 Å². The van der Waals surface area contributed by atoms with E-state index in [0.29, 0.717) is 38.8 Å². The maximum atomic E-state index is 12.9. The first-order valence-corrected chi connectivity index (χ1v) is 13.0. The molecule has 1 fully saturated rings. The smallest absolute Gasteiger partial charge is 0.261 e. The topological polar surface area (TPSA) is 127 Å². The van der Waals surface area contributed by atoms with Gasteiger partial charge in [0.15, 0.2) is 0 Å². The van der Waals surface area contributed by atoms with Gasteiger partial charge < -0.3 is 9.84 Å². The van der Waals surface area contributed by atoms with Gasteiger partial charge in [-0.3, -0.25) is 9.52 Å². The van der Waals surface area contributed by atoms with Gasteiger partial charge in [0, 0.05) is 22.9 Å². The Labute approximate surface area is 210 Å². The highest BCUT2D eigenvalue weighted by molar-refractivity contribution is 9.10. The molecule has 5 rings (SSSR count). The Bertz CT molecular complexity index is 1500. The van der Waals surface area contributed by atoms with Gasteiger partial charge in [-0.25, -0.2) is 13.4 Å². The number of nitrogens with zero attached hydrogens (tertiary/aromatic N) is 3. The van der Waals surface area contributed by atoms with E-state index < -0.39 is 10.0 Å². The predicted molar refractivity (Wildman–Crippen MR) is 134 cm³/mol. The number of sulfonamides is 1. The quantitative estimate of drug-likeness (QED) is 0.304. The van der Waals surface area contributed by atoms with Crippen molar-refractivity contribution in [2.24, 2.45) is 5.41 Å². The number of carbonyl (C=O) groups excluding carboxylic acids is 1. The maximum absolute atomic E-state index is 12.9. The number of hydrogen-bond acceptors (Lipinski definition) is 7. The second-order valence-electron chi connectivity index (χ2n) is 8.52. The molecule has 2 N–H and O–H groups in total. The normalized spacial score (nSPS) is 14.3. The molecule has 0 unspecified atom stereocenters. The summed E-state index contributed by atoms with van der Waals surface area (Å²) in [7, 11) is -3.86. The molecule has 35 heavy (non-hydrogen) atoms. The van der Waals surface area contributed by atoms with Crippen LogP contribution in [0, 0.1) is 5.41 Å². The van der Waals surface area contributed by atoms with Gasteiger partial charge in [-0.1, -0.05) is 18.1 Å². The fourth-order valence-corrected chi connectivity index (χ4v) is 4.60. The largest absolute Gasteiger partial charge is 0.334 e. The van der Waals surface area contributed by atoms with Crippen molar-refractivity contribution in [2.45, 2.75) is 24.7 Å². The van der Waals surface area contributed by atoms with E-state index in [4.69, 9.17) is 4.52 Å². The van der Waals surface area contributed by atoms with E-state index in [2.05, 4.69) is 41.1 Å². The third kappa shape index (κ3) is 5.10. The van der Waals surface area contributed by atoms with E-state index in [-0.39, 0.29) is 16.2 Å². The van der Waals surface area contributed by atoms with E-state index in [1.54, 1.807) is 54.7 Å². The number of nitrogens with one attached hydrogen (secondary N) is 2. The van der Waals surface area contributed by atoms with Gasteiger partial charge in [-0.15, -0.1) is 0 Å². The number of aromatic nitrogens is 3. The number of halogens is 1. The molecule has 0 bridgehead atoms. The summed E-state index contributed by atoms with van der Waals surface area (Å²) in [6, 6.07) is 16.3. The first-order chi connectivity index (χ1) is 16.7. The summed E-state index contributed by atoms with van der Waals surface area (Å²) in [4.78, 5) is 20.9. The van der Waals surface area contributed by atoms with Gasteiger partial charge in [0.2, 0.25) is 11.7 Å². The van der Waals surface area contributed by atoms with Crippen LogP contribution in [0.25, 0.3) is 22.8 Å². The number of hydrogen-bond donors (Lipinski definition) is 2. The van der Waals surface area contributed by atoms with Crippen molar-refractivity contribution in [3.8, 4) is 22.8 Å². The van der Waals surface area contributed by atoms with Crippen molar-refractivity contribution in [1.29, 1.82) is 0 Å². The first-order valence-electron chi connectivity index (χ1n) is 10.7. The van der Waals surface area contributed by atoms with Gasteiger partial charge in [0.05, 0.1) is 16.1 Å². The first kappa shape index (κ1) is 23.2. The Morgan fingerprint density at radius 1 is 1.03 bits per heavy atom. The minimum Gasteiger partial charge on any atom is -0.334 e. The van der Waals surface area contributed by atoms with Crippen LogP contribution in [0.3, 0.4) is 0 Å². The Kier molecular flexibility index (Phi) is 5.89. The highest BCUT2D eigenvalue weighted by Gasteiger charge is 2.44. The zero-order valence-electron chi connectivity index (χ0n) is 18.5. The van der Waals surface area contributed by atoms with Crippen LogP contribution < -0.4 is 10.0 Å². The van der Waals surface area contributed by atoms with Crippen molar-refractivity contribution in [3.63, 3.8) is 0 Å². The molecule has 0 saturated heterocycles. The SMILES string of the molecule is CC1(C(=O)Nc2cccc(NS(=O)(=O)c3ccc(-c4noc(-c5ccc(Br)nc5)n4)cc3)c2)CC1. The molecule has 2 heterocycles. The lowest BCUT2D eigenvalue weighted by Gasteiger charge is -2.12. The Balaban J connectivity index is 1.30. The summed E-state index contributed by atoms with van der Waals surface area (Å²) >= 11 is 3.28. The number of carbonyl (C=O) groups is 1. The molecule has 1 amide bonds. The molecule has 0 radical (unpaired) electrons. The number of amides is 1. The molecule has 178 valence electrons. The number of pyridine rings is 1. The van der Waals surface area contributed by atoms with Crippen LogP contribution in [0.4, 0.5) is 11.4 Å². The minimum atomic E-state index is -3.86. The average Bonchev–Trinajstić information content (AvgIpc) is 3.40. The third-order valence-electron chi connectivity index (χ3n) is 5.74. The standard InChI is InChI=1S/C24H20BrN5O4S/c1-24(11-12-24)23(31)27-17-3-2-4-18(13-17)30-35(32,33)19-8-5-15(6-9-19)21-28-22(34-29-21)16-7-10-20(25)26-14-16/h2-10,13-14,30H,11-12H2,1H3,(H,27,31). The van der Waals surface area contributed by atoms with Crippen molar-refractivity contribution < 1.29 is 17.7 Å². The highest BCUT2D eigenvalue weighted by atomic mass is 79.9. The van der Waals surface area contributed by atoms with Crippen LogP contribution >= 0.6 is 15.9 Å². The van der Waals surface area contributed by atoms with Crippen molar-refractivity contribution in [2.75, 3.05) is 10.0 Å². The van der Waals surface area contributed by atoms with E-state index in [1.807, 2.05) is 6.92 Å². The minimum absolute atomic E-state index is 0.0610. The second kappa shape index (κ2) is 8.90. The van der Waals surface area contributed by atoms with Crippen molar-refractivity contribution in [3.05, 3.63) is 71.5 Å². The Morgan fingerprint density at radius 3 is 2.43 bits per heavy atom. The third-order valence-corrected chi connectivity index (χ3v) is 7.61. The zero-order chi connectivity index (χ0) is 24.6. The molecule has 1 aliphatic rings. The zero-order valence-corrected chi connectivity index (χ0v) is 20.9. The van der Waals surface area contributed by atoms with Gasteiger partial charge >= 0.3 is 0 Å². The van der Waals surface area contributed by atoms with Crippen LogP contribution in [0.2, 0.25) is 0 Å². The van der Waals surface area contributed by atoms with Crippen LogP contribution in [0.15, 0.2) is 80.9 Å². The fraction of sp³-hybridized carbons (Fsp3) is 0.167. The second-order valence-corrected chi connectivity index (χ2v) is 11.0. The van der Waals surface area contributed by atoms with Crippen LogP contribution in [0.5, 0.6) is 0 Å². The lowest BCUT2D eigenvalue weighted by atomic mass is 10.1. The molecular weight excluding hydrogens is 534 g/mol. The summed E-state index contributed by atoms with van der Waals surface area (Å²) < 4.78 is 34.4. The molecule has 0 aliphatic heterocycles. The molecule has 9 nitrogen and oxygen atoms in total. The van der Waals surface area contributed by atoms with Crippen molar-refractivity contribution in [1.82, 2.24) is 15.1 Å². The summed E-state index contributed by atoms with van der Waals surface area (Å²) in [6.07, 6.45) is 3.32. The van der Waals surface area contributed by atoms with Crippen LogP contribution in [-0.4, -0.2) is 29.4 Å². The number of benzene rings is 2. The molecule has 4 aromatic rings. The van der Waals surface area contributed by atoms with E-state index in [0.717, 1.165) is 12.8 Å². The fourth-order valence-electron chi connectivity index (χ4n) is 3.31. The Morgan fingerprint density at radius 2 is 1.74 bits per heavy atom. The lowest BCUT2D eigenvalue weighted by molar-refractivity contribution is -0.120. The molecule has 0 spiro atoms. The predicted octanol–water partition coefficient (Wildman–Crippen LogP) is 5.10. The summed E-state index contributed by atoms with van der Waals surface area (Å²) in [5.41, 5.74) is 1.82. The van der Waals surface area contributed by atoms with Gasteiger partial charge in [0.1, 0.15) is 4.60 Å². The molecular formula is C24H20BrN5O4S. The monoisotopic (exact) mass is 553 g/mol. The van der Waals surface area contributed by atoms with E-state index >= 15 is 0 Å². The molecule has 0 atom stereocenters. The van der Waals surface area contributed by atoms with Crippen LogP contribution in [0.1, 0.15) is 19.8 Å². The summed E-state index contributed by atoms with van der Waals surface area (Å²) in [5.74, 6) is 0.572. The van der Waals surface area contributed by atoms with Gasteiger partial charge in [-0.05, 0) is 83.4 Å². The van der Waals surface area contributed by atoms with Crippen LogP contribution in [-0.2, 0) is 14.8 Å². The average molecular weight is 554 g/mol. The summed E-state index contributed by atoms with van der Waals surface area (Å²) in [5, 5.41) is 6.82. The van der Waals surface area contributed by atoms with Gasteiger partial charge in [-0.2, -0.15) is 4.98 Å². The molecule has 1 saturated carbocycles. The highest BCUT2D eigenvalue weighted by Crippen LogP contribution is 2.45. The number of anilines is 2. The lowest BCUT2D eigenvalue weighted by Crippen LogP contribution is -2.21. The van der Waals surface area contributed by atoms with Gasteiger partial charge in [0.25, 0.3) is 15.9 Å². The molecule has 11 heteroatoms. The van der Waals surface area contributed by atoms with E-state index in [1.165, 1.54) is 12.1 Å². The summed E-state index contributed by atoms with van der Waals surface area (Å²) in [6.45, 7) is 1.91. The maximum Gasteiger partial charge on any atom is 0.261 e. The molecule has 2 aromatic heterocycles. The van der Waals surface area contributed by atoms with Crippen molar-refractivity contribution >= 4 is 43.2 Å². The number of rotatable bonds is 7. The Hall–Kier alpha value is -3.57.